The van der Waals surface area contributed by atoms with Crippen molar-refractivity contribution in [3.8, 4) is 0 Å². The molecule has 3 N–H and O–H groups in total. The van der Waals surface area contributed by atoms with Gasteiger partial charge in [0.05, 0.1) is 11.9 Å². The van der Waals surface area contributed by atoms with Crippen LogP contribution in [0.1, 0.15) is 18.9 Å². The molecule has 18 heavy (non-hydrogen) atoms. The number of amidine groups is 1. The fraction of sp³-hybridized carbons (Fsp3) is 0.500. The Bertz CT molecular complexity index is 411. The average Bonchev–Trinajstić information content (AvgIpc) is 2.43. The first kappa shape index (κ1) is 14.6. The molecule has 0 spiro atoms. The van der Waals surface area contributed by atoms with Gasteiger partial charge in [0.15, 0.2) is 5.84 Å². The van der Waals surface area contributed by atoms with Crippen molar-refractivity contribution in [2.75, 3.05) is 24.0 Å². The minimum Gasteiger partial charge on any atom is -0.409 e. The van der Waals surface area contributed by atoms with Crippen LogP contribution in [-0.4, -0.2) is 41.1 Å². The lowest BCUT2D eigenvalue weighted by Gasteiger charge is -2.30. The highest BCUT2D eigenvalue weighted by Crippen LogP contribution is 2.22. The van der Waals surface area contributed by atoms with Crippen LogP contribution >= 0.6 is 11.8 Å². The van der Waals surface area contributed by atoms with E-state index in [4.69, 9.17) is 10.9 Å². The third-order valence-electron chi connectivity index (χ3n) is 2.94. The lowest BCUT2D eigenvalue weighted by molar-refractivity contribution is 0.318. The maximum absolute atomic E-state index is 8.81. The zero-order chi connectivity index (χ0) is 13.5. The van der Waals surface area contributed by atoms with E-state index in [-0.39, 0.29) is 5.84 Å². The summed E-state index contributed by atoms with van der Waals surface area (Å²) >= 11 is 1.80. The van der Waals surface area contributed by atoms with E-state index in [1.54, 1.807) is 30.2 Å². The first-order chi connectivity index (χ1) is 8.65. The molecule has 0 saturated carbocycles. The molecule has 0 fully saturated rings. The van der Waals surface area contributed by atoms with Crippen LogP contribution in [0, 0.1) is 0 Å². The van der Waals surface area contributed by atoms with Crippen LogP contribution in [-0.2, 0) is 0 Å². The molecule has 1 atom stereocenters. The number of aromatic nitrogens is 1. The molecule has 1 aromatic heterocycles. The minimum absolute atomic E-state index is 0.109. The van der Waals surface area contributed by atoms with Crippen molar-refractivity contribution in [1.29, 1.82) is 0 Å². The lowest BCUT2D eigenvalue weighted by atomic mass is 10.1. The van der Waals surface area contributed by atoms with E-state index in [1.165, 1.54) is 0 Å². The number of rotatable bonds is 6. The third-order valence-corrected chi connectivity index (χ3v) is 3.66. The molecule has 1 aromatic rings. The van der Waals surface area contributed by atoms with Gasteiger partial charge in [-0.25, -0.2) is 0 Å². The van der Waals surface area contributed by atoms with Gasteiger partial charge in [0.1, 0.15) is 0 Å². The molecule has 1 heterocycles. The van der Waals surface area contributed by atoms with Crippen LogP contribution in [0.3, 0.4) is 0 Å². The Morgan fingerprint density at radius 3 is 2.94 bits per heavy atom. The Morgan fingerprint density at radius 2 is 2.39 bits per heavy atom. The van der Waals surface area contributed by atoms with Gasteiger partial charge in [-0.1, -0.05) is 12.1 Å². The number of pyridine rings is 1. The van der Waals surface area contributed by atoms with E-state index in [0.717, 1.165) is 17.9 Å². The van der Waals surface area contributed by atoms with Crippen molar-refractivity contribution < 1.29 is 5.21 Å². The number of anilines is 1. The molecule has 1 unspecified atom stereocenters. The average molecular weight is 268 g/mol. The van der Waals surface area contributed by atoms with Gasteiger partial charge in [0.25, 0.3) is 0 Å². The lowest BCUT2D eigenvalue weighted by Crippen LogP contribution is -2.35. The first-order valence-corrected chi connectivity index (χ1v) is 7.18. The first-order valence-electron chi connectivity index (χ1n) is 5.79. The quantitative estimate of drug-likeness (QED) is 0.356. The molecule has 0 aromatic carbocycles. The van der Waals surface area contributed by atoms with Crippen LogP contribution in [0.4, 0.5) is 5.69 Å². The van der Waals surface area contributed by atoms with Crippen molar-refractivity contribution >= 4 is 23.3 Å². The van der Waals surface area contributed by atoms with E-state index < -0.39 is 0 Å². The van der Waals surface area contributed by atoms with Crippen molar-refractivity contribution in [3.63, 3.8) is 0 Å². The molecule has 0 aliphatic rings. The number of hydrogen-bond donors (Lipinski definition) is 2. The molecule has 1 rings (SSSR count). The number of thioether (sulfide) groups is 1. The Balaban J connectivity index is 3.08. The predicted molar refractivity (Wildman–Crippen MR) is 77.6 cm³/mol. The number of nitrogens with zero attached hydrogens (tertiary/aromatic N) is 3. The van der Waals surface area contributed by atoms with Gasteiger partial charge in [0.2, 0.25) is 0 Å². The van der Waals surface area contributed by atoms with E-state index >= 15 is 0 Å². The van der Waals surface area contributed by atoms with Crippen LogP contribution in [0.2, 0.25) is 0 Å². The molecule has 0 saturated heterocycles. The third kappa shape index (κ3) is 3.29. The molecule has 0 bridgehead atoms. The van der Waals surface area contributed by atoms with Gasteiger partial charge in [-0.3, -0.25) is 4.98 Å². The van der Waals surface area contributed by atoms with Gasteiger partial charge in [-0.15, -0.1) is 0 Å². The van der Waals surface area contributed by atoms with Gasteiger partial charge < -0.3 is 15.8 Å². The van der Waals surface area contributed by atoms with Crippen molar-refractivity contribution in [3.05, 3.63) is 24.0 Å². The fourth-order valence-electron chi connectivity index (χ4n) is 1.83. The van der Waals surface area contributed by atoms with E-state index in [0.29, 0.717) is 11.6 Å². The molecule has 100 valence electrons. The van der Waals surface area contributed by atoms with Crippen molar-refractivity contribution in [1.82, 2.24) is 4.98 Å². The van der Waals surface area contributed by atoms with Gasteiger partial charge >= 0.3 is 0 Å². The molecular weight excluding hydrogens is 248 g/mol. The van der Waals surface area contributed by atoms with Crippen LogP contribution in [0.5, 0.6) is 0 Å². The summed E-state index contributed by atoms with van der Waals surface area (Å²) in [7, 11) is 2.01. The summed E-state index contributed by atoms with van der Waals surface area (Å²) in [5.74, 6) is 1.13. The zero-order valence-electron chi connectivity index (χ0n) is 11.0. The second-order valence-electron chi connectivity index (χ2n) is 4.01. The summed E-state index contributed by atoms with van der Waals surface area (Å²) in [6, 6.07) is 2.15. The number of nitrogens with two attached hydrogens (primary N) is 1. The van der Waals surface area contributed by atoms with E-state index in [1.807, 2.05) is 7.05 Å². The Labute approximate surface area is 112 Å². The zero-order valence-corrected chi connectivity index (χ0v) is 11.8. The Hall–Kier alpha value is -1.43. The standard InChI is InChI=1S/C12H20N4OS/c1-4-9(8-18-3)16(2)11-7-14-6-5-10(11)12(13)15-17/h5-7,9,17H,4,8H2,1-3H3,(H2,13,15). The molecule has 0 amide bonds. The predicted octanol–water partition coefficient (Wildman–Crippen LogP) is 1.75. The second kappa shape index (κ2) is 7.10. The fourth-order valence-corrected chi connectivity index (χ4v) is 2.67. The SMILES string of the molecule is CCC(CSC)N(C)c1cnccc1/C(N)=N/O. The van der Waals surface area contributed by atoms with Gasteiger partial charge in [-0.05, 0) is 18.7 Å². The largest absolute Gasteiger partial charge is 0.409 e. The normalized spacial score (nSPS) is 13.4. The molecule has 6 heteroatoms. The van der Waals surface area contributed by atoms with E-state index in [9.17, 15) is 0 Å². The maximum atomic E-state index is 8.81. The smallest absolute Gasteiger partial charge is 0.172 e. The summed E-state index contributed by atoms with van der Waals surface area (Å²) in [5.41, 5.74) is 7.28. The summed E-state index contributed by atoms with van der Waals surface area (Å²) in [5, 5.41) is 11.9. The van der Waals surface area contributed by atoms with E-state index in [2.05, 4.69) is 28.2 Å². The summed E-state index contributed by atoms with van der Waals surface area (Å²) in [6.45, 7) is 2.15. The van der Waals surface area contributed by atoms with Crippen molar-refractivity contribution in [2.45, 2.75) is 19.4 Å². The van der Waals surface area contributed by atoms with Crippen LogP contribution in [0.15, 0.2) is 23.6 Å². The molecule has 0 radical (unpaired) electrons. The van der Waals surface area contributed by atoms with Crippen LogP contribution < -0.4 is 10.6 Å². The topological polar surface area (TPSA) is 74.7 Å². The summed E-state index contributed by atoms with van der Waals surface area (Å²) in [6.07, 6.45) is 6.50. The molecular formula is C12H20N4OS. The number of oxime groups is 1. The monoisotopic (exact) mass is 268 g/mol. The second-order valence-corrected chi connectivity index (χ2v) is 4.92. The highest BCUT2D eigenvalue weighted by molar-refractivity contribution is 7.98. The Morgan fingerprint density at radius 1 is 1.67 bits per heavy atom. The highest BCUT2D eigenvalue weighted by Gasteiger charge is 2.17. The Kier molecular flexibility index (Phi) is 5.77. The molecule has 0 aliphatic carbocycles. The van der Waals surface area contributed by atoms with Crippen LogP contribution in [0.25, 0.3) is 0 Å². The summed E-state index contributed by atoms with van der Waals surface area (Å²) < 4.78 is 0. The molecule has 5 nitrogen and oxygen atoms in total. The minimum atomic E-state index is 0.109. The molecule has 0 aliphatic heterocycles. The summed E-state index contributed by atoms with van der Waals surface area (Å²) in [4.78, 5) is 6.26. The highest BCUT2D eigenvalue weighted by atomic mass is 32.2. The van der Waals surface area contributed by atoms with Crippen molar-refractivity contribution in [2.24, 2.45) is 10.9 Å². The van der Waals surface area contributed by atoms with Gasteiger partial charge in [-0.2, -0.15) is 11.8 Å². The van der Waals surface area contributed by atoms with Gasteiger partial charge in [0, 0.05) is 30.6 Å². The maximum Gasteiger partial charge on any atom is 0.172 e. The number of hydrogen-bond acceptors (Lipinski definition) is 5.